The van der Waals surface area contributed by atoms with Crippen LogP contribution in [0, 0.1) is 0 Å². The van der Waals surface area contributed by atoms with Gasteiger partial charge in [0.1, 0.15) is 17.1 Å². The first-order valence-corrected chi connectivity index (χ1v) is 10.7. The number of rotatable bonds is 5. The predicted molar refractivity (Wildman–Crippen MR) is 129 cm³/mol. The molecule has 0 bridgehead atoms. The number of nitrogens with zero attached hydrogens (tertiary/aromatic N) is 2. The van der Waals surface area contributed by atoms with Crippen LogP contribution in [0.5, 0.6) is 0 Å². The summed E-state index contributed by atoms with van der Waals surface area (Å²) in [6.45, 7) is 16.2. The topological polar surface area (TPSA) is 76.1 Å². The predicted octanol–water partition coefficient (Wildman–Crippen LogP) is 5.68. The standard InChI is InChI=1S/C26H32N4O2/c1-17(28-24(31)32-26(5,6)7)27-16-22-20-10-8-9-11-21(20)23(30-29-22)18-12-14-19(15-13-18)25(2,3)4/h8-15,27H,1,16H2,2-7H3,(H,28,31). The number of alkyl carbamates (subject to hydrolysis) is 1. The number of carbonyl (C=O) groups is 1. The minimum absolute atomic E-state index is 0.0948. The Hall–Kier alpha value is -3.41. The molecule has 168 valence electrons. The number of fused-ring (bicyclic) bond motifs is 1. The molecule has 2 aromatic carbocycles. The van der Waals surface area contributed by atoms with Crippen LogP contribution in [0.1, 0.15) is 52.8 Å². The highest BCUT2D eigenvalue weighted by Gasteiger charge is 2.17. The molecule has 0 aliphatic heterocycles. The summed E-state index contributed by atoms with van der Waals surface area (Å²) in [7, 11) is 0. The van der Waals surface area contributed by atoms with Gasteiger partial charge in [-0.2, -0.15) is 5.10 Å². The molecule has 6 heteroatoms. The van der Waals surface area contributed by atoms with Gasteiger partial charge < -0.3 is 10.1 Å². The fourth-order valence-electron chi connectivity index (χ4n) is 3.29. The van der Waals surface area contributed by atoms with E-state index in [1.807, 2.05) is 45.0 Å². The van der Waals surface area contributed by atoms with Gasteiger partial charge in [0, 0.05) is 16.3 Å². The maximum atomic E-state index is 11.9. The summed E-state index contributed by atoms with van der Waals surface area (Å²) in [6, 6.07) is 16.5. The minimum atomic E-state index is -0.576. The van der Waals surface area contributed by atoms with E-state index in [1.54, 1.807) is 0 Å². The largest absolute Gasteiger partial charge is 0.444 e. The Morgan fingerprint density at radius 2 is 1.56 bits per heavy atom. The van der Waals surface area contributed by atoms with Gasteiger partial charge in [-0.1, -0.05) is 75.9 Å². The van der Waals surface area contributed by atoms with Crippen molar-refractivity contribution in [3.05, 3.63) is 72.2 Å². The zero-order chi connectivity index (χ0) is 23.5. The fourth-order valence-corrected chi connectivity index (χ4v) is 3.29. The smallest absolute Gasteiger partial charge is 0.413 e. The van der Waals surface area contributed by atoms with Crippen LogP contribution in [0.25, 0.3) is 22.0 Å². The van der Waals surface area contributed by atoms with Crippen molar-refractivity contribution in [3.8, 4) is 11.3 Å². The summed E-state index contributed by atoms with van der Waals surface area (Å²) in [6.07, 6.45) is -0.556. The Kier molecular flexibility index (Phi) is 6.53. The molecule has 0 saturated heterocycles. The molecule has 0 saturated carbocycles. The average molecular weight is 433 g/mol. The van der Waals surface area contributed by atoms with Crippen molar-refractivity contribution in [1.29, 1.82) is 0 Å². The number of ether oxygens (including phenoxy) is 1. The van der Waals surface area contributed by atoms with Gasteiger partial charge in [-0.3, -0.25) is 5.32 Å². The SMILES string of the molecule is C=C(NCc1nnc(-c2ccc(C(C)(C)C)cc2)c2ccccc12)NC(=O)OC(C)(C)C. The molecule has 0 spiro atoms. The van der Waals surface area contributed by atoms with E-state index in [4.69, 9.17) is 4.74 Å². The van der Waals surface area contributed by atoms with Gasteiger partial charge in [-0.15, -0.1) is 5.10 Å². The molecule has 3 aromatic rings. The first-order chi connectivity index (χ1) is 14.9. The number of amides is 1. The zero-order valence-corrected chi connectivity index (χ0v) is 19.7. The highest BCUT2D eigenvalue weighted by molar-refractivity contribution is 5.95. The van der Waals surface area contributed by atoms with Crippen molar-refractivity contribution >= 4 is 16.9 Å². The summed E-state index contributed by atoms with van der Waals surface area (Å²) in [5, 5.41) is 16.7. The highest BCUT2D eigenvalue weighted by Crippen LogP contribution is 2.30. The average Bonchev–Trinajstić information content (AvgIpc) is 2.70. The summed E-state index contributed by atoms with van der Waals surface area (Å²) in [5.74, 6) is 0.340. The highest BCUT2D eigenvalue weighted by atomic mass is 16.6. The molecule has 3 rings (SSSR count). The first-order valence-electron chi connectivity index (χ1n) is 10.7. The van der Waals surface area contributed by atoms with E-state index < -0.39 is 11.7 Å². The molecule has 6 nitrogen and oxygen atoms in total. The lowest BCUT2D eigenvalue weighted by Crippen LogP contribution is -2.35. The van der Waals surface area contributed by atoms with Crippen molar-refractivity contribution in [3.63, 3.8) is 0 Å². The van der Waals surface area contributed by atoms with Crippen LogP contribution in [-0.2, 0) is 16.7 Å². The van der Waals surface area contributed by atoms with E-state index in [0.29, 0.717) is 12.4 Å². The normalized spacial score (nSPS) is 11.8. The molecule has 0 unspecified atom stereocenters. The fraction of sp³-hybridized carbons (Fsp3) is 0.346. The summed E-state index contributed by atoms with van der Waals surface area (Å²) in [5.41, 5.74) is 3.43. The molecule has 32 heavy (non-hydrogen) atoms. The van der Waals surface area contributed by atoms with Crippen LogP contribution < -0.4 is 10.6 Å². The van der Waals surface area contributed by atoms with E-state index in [1.165, 1.54) is 5.56 Å². The number of benzene rings is 2. The van der Waals surface area contributed by atoms with Gasteiger partial charge in [0.05, 0.1) is 12.2 Å². The van der Waals surface area contributed by atoms with Crippen LogP contribution in [0.2, 0.25) is 0 Å². The van der Waals surface area contributed by atoms with Crippen LogP contribution in [0.4, 0.5) is 4.79 Å². The molecule has 0 radical (unpaired) electrons. The Bertz CT molecular complexity index is 1120. The van der Waals surface area contributed by atoms with Gasteiger partial charge in [0.15, 0.2) is 0 Å². The van der Waals surface area contributed by atoms with E-state index in [-0.39, 0.29) is 5.41 Å². The summed E-state index contributed by atoms with van der Waals surface area (Å²) in [4.78, 5) is 11.9. The van der Waals surface area contributed by atoms with Gasteiger partial charge in [0.25, 0.3) is 0 Å². The van der Waals surface area contributed by atoms with Crippen molar-refractivity contribution in [2.45, 2.75) is 59.1 Å². The third kappa shape index (κ3) is 5.84. The second kappa shape index (κ2) is 8.99. The van der Waals surface area contributed by atoms with E-state index >= 15 is 0 Å². The van der Waals surface area contributed by atoms with E-state index in [2.05, 4.69) is 72.4 Å². The molecule has 1 aromatic heterocycles. The lowest BCUT2D eigenvalue weighted by Gasteiger charge is -2.20. The Morgan fingerprint density at radius 1 is 0.938 bits per heavy atom. The van der Waals surface area contributed by atoms with Crippen molar-refractivity contribution < 1.29 is 9.53 Å². The maximum absolute atomic E-state index is 11.9. The number of hydrogen-bond donors (Lipinski definition) is 2. The van der Waals surface area contributed by atoms with Gasteiger partial charge in [-0.05, 0) is 31.7 Å². The monoisotopic (exact) mass is 432 g/mol. The van der Waals surface area contributed by atoms with Gasteiger partial charge in [-0.25, -0.2) is 4.79 Å². The maximum Gasteiger partial charge on any atom is 0.413 e. The zero-order valence-electron chi connectivity index (χ0n) is 19.7. The van der Waals surface area contributed by atoms with Crippen molar-refractivity contribution in [1.82, 2.24) is 20.8 Å². The third-order valence-electron chi connectivity index (χ3n) is 4.91. The Balaban J connectivity index is 1.80. The molecule has 0 aliphatic rings. The van der Waals surface area contributed by atoms with Gasteiger partial charge >= 0.3 is 6.09 Å². The Morgan fingerprint density at radius 3 is 2.16 bits per heavy atom. The molecule has 0 atom stereocenters. The van der Waals surface area contributed by atoms with Crippen LogP contribution in [0.3, 0.4) is 0 Å². The first kappa shape index (κ1) is 23.3. The molecular formula is C26H32N4O2. The summed E-state index contributed by atoms with van der Waals surface area (Å²) < 4.78 is 5.25. The van der Waals surface area contributed by atoms with Gasteiger partial charge in [0.2, 0.25) is 0 Å². The molecule has 1 heterocycles. The Labute approximate surface area is 190 Å². The van der Waals surface area contributed by atoms with E-state index in [0.717, 1.165) is 27.7 Å². The molecule has 2 N–H and O–H groups in total. The minimum Gasteiger partial charge on any atom is -0.444 e. The number of aromatic nitrogens is 2. The molecule has 1 amide bonds. The lowest BCUT2D eigenvalue weighted by molar-refractivity contribution is 0.0542. The van der Waals surface area contributed by atoms with Crippen molar-refractivity contribution in [2.75, 3.05) is 0 Å². The molecular weight excluding hydrogens is 400 g/mol. The van der Waals surface area contributed by atoms with Crippen LogP contribution >= 0.6 is 0 Å². The second-order valence-electron chi connectivity index (χ2n) is 9.83. The van der Waals surface area contributed by atoms with E-state index in [9.17, 15) is 4.79 Å². The number of carbonyl (C=O) groups excluding carboxylic acids is 1. The molecule has 0 fully saturated rings. The summed E-state index contributed by atoms with van der Waals surface area (Å²) >= 11 is 0. The third-order valence-corrected chi connectivity index (χ3v) is 4.91. The number of hydrogen-bond acceptors (Lipinski definition) is 5. The second-order valence-corrected chi connectivity index (χ2v) is 9.83. The van der Waals surface area contributed by atoms with Crippen LogP contribution in [-0.4, -0.2) is 21.9 Å². The van der Waals surface area contributed by atoms with Crippen molar-refractivity contribution in [2.24, 2.45) is 0 Å². The lowest BCUT2D eigenvalue weighted by atomic mass is 9.86. The quantitative estimate of drug-likeness (QED) is 0.542. The van der Waals surface area contributed by atoms with Crippen LogP contribution in [0.15, 0.2) is 60.9 Å². The molecule has 0 aliphatic carbocycles. The number of nitrogens with one attached hydrogen (secondary N) is 2.